The number of aliphatic carboxylic acids is 1. The van der Waals surface area contributed by atoms with Gasteiger partial charge in [0.05, 0.1) is 11.0 Å². The van der Waals surface area contributed by atoms with Gasteiger partial charge in [-0.3, -0.25) is 4.79 Å². The number of rotatable bonds is 3. The first-order valence-electron chi connectivity index (χ1n) is 5.13. The Hall–Kier alpha value is -1.59. The van der Waals surface area contributed by atoms with Gasteiger partial charge < -0.3 is 5.11 Å². The van der Waals surface area contributed by atoms with Gasteiger partial charge in [-0.05, 0) is 38.0 Å². The Morgan fingerprint density at radius 1 is 1.28 bits per heavy atom. The molecular weight excluding hydrogens is 252 g/mol. The fraction of sp³-hybridized carbons (Fsp3) is 0.417. The van der Waals surface area contributed by atoms with Crippen molar-refractivity contribution < 1.29 is 27.5 Å². The van der Waals surface area contributed by atoms with Gasteiger partial charge in [-0.2, -0.15) is 13.2 Å². The minimum atomic E-state index is -4.70. The molecule has 0 atom stereocenters. The summed E-state index contributed by atoms with van der Waals surface area (Å²) >= 11 is 0. The zero-order valence-electron chi connectivity index (χ0n) is 9.81. The zero-order chi connectivity index (χ0) is 14.1. The maximum absolute atomic E-state index is 12.9. The predicted molar refractivity (Wildman–Crippen MR) is 56.5 cm³/mol. The van der Waals surface area contributed by atoms with E-state index in [1.54, 1.807) is 0 Å². The summed E-state index contributed by atoms with van der Waals surface area (Å²) in [6, 6.07) is 2.25. The average molecular weight is 264 g/mol. The van der Waals surface area contributed by atoms with Gasteiger partial charge in [0.15, 0.2) is 0 Å². The van der Waals surface area contributed by atoms with Crippen molar-refractivity contribution in [3.63, 3.8) is 0 Å². The summed E-state index contributed by atoms with van der Waals surface area (Å²) in [5.74, 6) is -2.21. The SMILES string of the molecule is CC(C)(Cc1ccc(F)cc1C(F)(F)F)C(=O)O. The molecule has 0 saturated heterocycles. The van der Waals surface area contributed by atoms with Crippen molar-refractivity contribution in [3.05, 3.63) is 35.1 Å². The number of halogens is 4. The second-order valence-corrected chi connectivity index (χ2v) is 4.67. The van der Waals surface area contributed by atoms with E-state index in [-0.39, 0.29) is 12.0 Å². The molecule has 2 nitrogen and oxygen atoms in total. The number of carboxylic acid groups (broad SMARTS) is 1. The van der Waals surface area contributed by atoms with E-state index in [9.17, 15) is 22.4 Å². The highest BCUT2D eigenvalue weighted by molar-refractivity contribution is 5.74. The van der Waals surface area contributed by atoms with E-state index in [4.69, 9.17) is 5.11 Å². The van der Waals surface area contributed by atoms with Crippen LogP contribution in [-0.4, -0.2) is 11.1 Å². The van der Waals surface area contributed by atoms with E-state index < -0.39 is 28.9 Å². The predicted octanol–water partition coefficient (Wildman–Crippen LogP) is 3.50. The molecule has 0 saturated carbocycles. The van der Waals surface area contributed by atoms with Crippen molar-refractivity contribution in [2.75, 3.05) is 0 Å². The first-order valence-corrected chi connectivity index (χ1v) is 5.13. The number of hydrogen-bond acceptors (Lipinski definition) is 1. The summed E-state index contributed by atoms with van der Waals surface area (Å²) in [6.45, 7) is 2.64. The van der Waals surface area contributed by atoms with Crippen molar-refractivity contribution in [2.24, 2.45) is 5.41 Å². The van der Waals surface area contributed by atoms with Crippen LogP contribution >= 0.6 is 0 Å². The molecule has 1 aromatic rings. The molecule has 18 heavy (non-hydrogen) atoms. The molecule has 1 N–H and O–H groups in total. The molecule has 0 aliphatic carbocycles. The number of carbonyl (C=O) groups is 1. The van der Waals surface area contributed by atoms with Crippen LogP contribution in [0.2, 0.25) is 0 Å². The second kappa shape index (κ2) is 4.59. The monoisotopic (exact) mass is 264 g/mol. The third-order valence-electron chi connectivity index (χ3n) is 2.59. The van der Waals surface area contributed by atoms with Gasteiger partial charge in [0.1, 0.15) is 5.82 Å². The highest BCUT2D eigenvalue weighted by Crippen LogP contribution is 2.35. The standard InChI is InChI=1S/C12H12F4O2/c1-11(2,10(17)18)6-7-3-4-8(13)5-9(7)12(14,15)16/h3-5H,6H2,1-2H3,(H,17,18). The summed E-state index contributed by atoms with van der Waals surface area (Å²) < 4.78 is 50.9. The molecule has 0 bridgehead atoms. The summed E-state index contributed by atoms with van der Waals surface area (Å²) in [7, 11) is 0. The van der Waals surface area contributed by atoms with E-state index in [1.807, 2.05) is 0 Å². The minimum Gasteiger partial charge on any atom is -0.481 e. The van der Waals surface area contributed by atoms with Gasteiger partial charge in [0.25, 0.3) is 0 Å². The smallest absolute Gasteiger partial charge is 0.416 e. The lowest BCUT2D eigenvalue weighted by Gasteiger charge is -2.21. The largest absolute Gasteiger partial charge is 0.481 e. The van der Waals surface area contributed by atoms with Crippen molar-refractivity contribution >= 4 is 5.97 Å². The fourth-order valence-electron chi connectivity index (χ4n) is 1.52. The van der Waals surface area contributed by atoms with Gasteiger partial charge in [-0.15, -0.1) is 0 Å². The van der Waals surface area contributed by atoms with Crippen LogP contribution in [0.25, 0.3) is 0 Å². The molecule has 0 aromatic heterocycles. The Kier molecular flexibility index (Phi) is 3.69. The normalized spacial score (nSPS) is 12.6. The van der Waals surface area contributed by atoms with E-state index in [0.29, 0.717) is 6.07 Å². The third kappa shape index (κ3) is 3.21. The Balaban J connectivity index is 3.22. The Morgan fingerprint density at radius 3 is 2.28 bits per heavy atom. The molecule has 0 aliphatic rings. The molecule has 0 aliphatic heterocycles. The van der Waals surface area contributed by atoms with Crippen LogP contribution in [0.15, 0.2) is 18.2 Å². The van der Waals surface area contributed by atoms with Crippen LogP contribution in [-0.2, 0) is 17.4 Å². The average Bonchev–Trinajstić information content (AvgIpc) is 2.18. The van der Waals surface area contributed by atoms with Crippen LogP contribution in [0.1, 0.15) is 25.0 Å². The molecule has 0 heterocycles. The van der Waals surface area contributed by atoms with Gasteiger partial charge in [-0.25, -0.2) is 4.39 Å². The molecule has 0 fully saturated rings. The maximum atomic E-state index is 12.9. The lowest BCUT2D eigenvalue weighted by Crippen LogP contribution is -2.27. The first kappa shape index (κ1) is 14.5. The maximum Gasteiger partial charge on any atom is 0.416 e. The lowest BCUT2D eigenvalue weighted by atomic mass is 9.84. The van der Waals surface area contributed by atoms with E-state index >= 15 is 0 Å². The molecule has 100 valence electrons. The number of alkyl halides is 3. The highest BCUT2D eigenvalue weighted by Gasteiger charge is 2.36. The fourth-order valence-corrected chi connectivity index (χ4v) is 1.52. The summed E-state index contributed by atoms with van der Waals surface area (Å²) in [6.07, 6.45) is -5.02. The Bertz CT molecular complexity index is 464. The van der Waals surface area contributed by atoms with E-state index in [1.165, 1.54) is 13.8 Å². The summed E-state index contributed by atoms with van der Waals surface area (Å²) in [5, 5.41) is 8.90. The van der Waals surface area contributed by atoms with E-state index in [2.05, 4.69) is 0 Å². The highest BCUT2D eigenvalue weighted by atomic mass is 19.4. The molecular formula is C12H12F4O2. The lowest BCUT2D eigenvalue weighted by molar-refractivity contribution is -0.148. The Labute approximate surface area is 101 Å². The molecule has 0 amide bonds. The summed E-state index contributed by atoms with van der Waals surface area (Å²) in [5.41, 5.74) is -2.70. The first-order chi connectivity index (χ1) is 8.04. The van der Waals surface area contributed by atoms with Crippen molar-refractivity contribution in [3.8, 4) is 0 Å². The molecule has 0 spiro atoms. The summed E-state index contributed by atoms with van der Waals surface area (Å²) in [4.78, 5) is 10.9. The van der Waals surface area contributed by atoms with Crippen molar-refractivity contribution in [2.45, 2.75) is 26.4 Å². The Morgan fingerprint density at radius 2 is 1.83 bits per heavy atom. The van der Waals surface area contributed by atoms with Crippen LogP contribution < -0.4 is 0 Å². The number of benzene rings is 1. The molecule has 0 radical (unpaired) electrons. The minimum absolute atomic E-state index is 0.226. The quantitative estimate of drug-likeness (QED) is 0.848. The van der Waals surface area contributed by atoms with Gasteiger partial charge in [0, 0.05) is 0 Å². The third-order valence-corrected chi connectivity index (χ3v) is 2.59. The topological polar surface area (TPSA) is 37.3 Å². The van der Waals surface area contributed by atoms with Gasteiger partial charge >= 0.3 is 12.1 Å². The zero-order valence-corrected chi connectivity index (χ0v) is 9.81. The number of carboxylic acids is 1. The molecule has 6 heteroatoms. The van der Waals surface area contributed by atoms with Crippen LogP contribution in [0, 0.1) is 11.2 Å². The molecule has 0 unspecified atom stereocenters. The van der Waals surface area contributed by atoms with Gasteiger partial charge in [0.2, 0.25) is 0 Å². The van der Waals surface area contributed by atoms with Crippen LogP contribution in [0.3, 0.4) is 0 Å². The number of hydrogen-bond donors (Lipinski definition) is 1. The molecule has 1 rings (SSSR count). The van der Waals surface area contributed by atoms with Crippen LogP contribution in [0.4, 0.5) is 17.6 Å². The van der Waals surface area contributed by atoms with Crippen molar-refractivity contribution in [1.29, 1.82) is 0 Å². The van der Waals surface area contributed by atoms with Gasteiger partial charge in [-0.1, -0.05) is 6.07 Å². The van der Waals surface area contributed by atoms with Crippen molar-refractivity contribution in [1.82, 2.24) is 0 Å². The molecule has 1 aromatic carbocycles. The second-order valence-electron chi connectivity index (χ2n) is 4.67. The van der Waals surface area contributed by atoms with E-state index in [0.717, 1.165) is 12.1 Å². The van der Waals surface area contributed by atoms with Crippen LogP contribution in [0.5, 0.6) is 0 Å².